The molecule has 1 heterocycles. The second kappa shape index (κ2) is 5.65. The van der Waals surface area contributed by atoms with E-state index in [0.717, 1.165) is 35.4 Å². The van der Waals surface area contributed by atoms with Gasteiger partial charge in [-0.3, -0.25) is 0 Å². The van der Waals surface area contributed by atoms with Crippen LogP contribution in [0.2, 0.25) is 0 Å². The number of methoxy groups -OCH3 is 1. The molecule has 20 heavy (non-hydrogen) atoms. The van der Waals surface area contributed by atoms with Crippen molar-refractivity contribution in [1.29, 1.82) is 0 Å². The molecule has 0 spiro atoms. The number of nitrogens with zero attached hydrogens (tertiary/aromatic N) is 2. The van der Waals surface area contributed by atoms with Crippen LogP contribution in [0.15, 0.2) is 18.2 Å². The molecular weight excluding hydrogens is 272 g/mol. The molecule has 0 radical (unpaired) electrons. The molecule has 1 aromatic carbocycles. The number of ether oxygens (including phenoxy) is 1. The zero-order valence-corrected chi connectivity index (χ0v) is 13.7. The SMILES string of the molecule is CCC(C)(CC)n1c(C(C)Cl)nc2ccc(OC)cc21. The highest BCUT2D eigenvalue weighted by Gasteiger charge is 2.29. The van der Waals surface area contributed by atoms with Crippen molar-refractivity contribution in [3.8, 4) is 5.75 Å². The van der Waals surface area contributed by atoms with Gasteiger partial charge in [-0.2, -0.15) is 0 Å². The van der Waals surface area contributed by atoms with Crippen molar-refractivity contribution in [2.45, 2.75) is 51.5 Å². The number of imidazole rings is 1. The molecule has 2 rings (SSSR count). The number of hydrogen-bond donors (Lipinski definition) is 0. The number of hydrogen-bond acceptors (Lipinski definition) is 2. The van der Waals surface area contributed by atoms with Gasteiger partial charge in [-0.25, -0.2) is 4.98 Å². The van der Waals surface area contributed by atoms with Gasteiger partial charge >= 0.3 is 0 Å². The van der Waals surface area contributed by atoms with Crippen molar-refractivity contribution < 1.29 is 4.74 Å². The van der Waals surface area contributed by atoms with Crippen molar-refractivity contribution in [3.05, 3.63) is 24.0 Å². The van der Waals surface area contributed by atoms with E-state index in [1.807, 2.05) is 19.1 Å². The molecule has 1 unspecified atom stereocenters. The van der Waals surface area contributed by atoms with Crippen molar-refractivity contribution in [2.24, 2.45) is 0 Å². The average molecular weight is 295 g/mol. The van der Waals surface area contributed by atoms with Crippen molar-refractivity contribution in [2.75, 3.05) is 7.11 Å². The molecule has 0 amide bonds. The molecule has 110 valence electrons. The summed E-state index contributed by atoms with van der Waals surface area (Å²) < 4.78 is 7.65. The molecule has 0 aliphatic rings. The Labute approximate surface area is 125 Å². The number of benzene rings is 1. The fraction of sp³-hybridized carbons (Fsp3) is 0.562. The molecular formula is C16H23ClN2O. The maximum atomic E-state index is 6.36. The second-order valence-corrected chi connectivity index (χ2v) is 6.13. The van der Waals surface area contributed by atoms with Gasteiger partial charge in [0, 0.05) is 11.6 Å². The minimum absolute atomic E-state index is 0.0135. The van der Waals surface area contributed by atoms with Crippen molar-refractivity contribution >= 4 is 22.6 Å². The summed E-state index contributed by atoms with van der Waals surface area (Å²) >= 11 is 6.36. The smallest absolute Gasteiger partial charge is 0.128 e. The van der Waals surface area contributed by atoms with Crippen LogP contribution < -0.4 is 4.74 Å². The number of rotatable bonds is 5. The first-order valence-corrected chi connectivity index (χ1v) is 7.61. The molecule has 0 fully saturated rings. The minimum Gasteiger partial charge on any atom is -0.497 e. The number of aromatic nitrogens is 2. The van der Waals surface area contributed by atoms with Gasteiger partial charge in [0.15, 0.2) is 0 Å². The lowest BCUT2D eigenvalue weighted by Gasteiger charge is -2.32. The molecule has 1 aromatic heterocycles. The highest BCUT2D eigenvalue weighted by atomic mass is 35.5. The average Bonchev–Trinajstić information content (AvgIpc) is 2.85. The van der Waals surface area contributed by atoms with Crippen LogP contribution in [0.5, 0.6) is 5.75 Å². The highest BCUT2D eigenvalue weighted by molar-refractivity contribution is 6.20. The largest absolute Gasteiger partial charge is 0.497 e. The second-order valence-electron chi connectivity index (χ2n) is 5.48. The van der Waals surface area contributed by atoms with Crippen LogP contribution >= 0.6 is 11.6 Å². The van der Waals surface area contributed by atoms with Gasteiger partial charge in [-0.05, 0) is 38.8 Å². The Morgan fingerprint density at radius 2 is 2.00 bits per heavy atom. The Morgan fingerprint density at radius 1 is 1.35 bits per heavy atom. The van der Waals surface area contributed by atoms with Gasteiger partial charge in [0.05, 0.1) is 23.5 Å². The summed E-state index contributed by atoms with van der Waals surface area (Å²) in [5.41, 5.74) is 2.08. The zero-order valence-electron chi connectivity index (χ0n) is 12.9. The van der Waals surface area contributed by atoms with Crippen molar-refractivity contribution in [3.63, 3.8) is 0 Å². The van der Waals surface area contributed by atoms with E-state index >= 15 is 0 Å². The summed E-state index contributed by atoms with van der Waals surface area (Å²) in [6, 6.07) is 5.99. The maximum Gasteiger partial charge on any atom is 0.128 e. The van der Waals surface area contributed by atoms with Crippen LogP contribution in [-0.4, -0.2) is 16.7 Å². The first-order chi connectivity index (χ1) is 9.46. The van der Waals surface area contributed by atoms with Gasteiger partial charge < -0.3 is 9.30 Å². The summed E-state index contributed by atoms with van der Waals surface area (Å²) in [4.78, 5) is 4.73. The Bertz CT molecular complexity index is 600. The first-order valence-electron chi connectivity index (χ1n) is 7.17. The Kier molecular flexibility index (Phi) is 4.28. The minimum atomic E-state index is -0.120. The van der Waals surface area contributed by atoms with E-state index in [2.05, 4.69) is 31.4 Å². The van der Waals surface area contributed by atoms with Gasteiger partial charge in [0.1, 0.15) is 11.6 Å². The molecule has 0 saturated heterocycles. The Balaban J connectivity index is 2.79. The van der Waals surface area contributed by atoms with Crippen LogP contribution in [0.3, 0.4) is 0 Å². The molecule has 0 saturated carbocycles. The van der Waals surface area contributed by atoms with Crippen LogP contribution in [0.25, 0.3) is 11.0 Å². The maximum absolute atomic E-state index is 6.36. The van der Waals surface area contributed by atoms with E-state index in [4.69, 9.17) is 21.3 Å². The molecule has 2 aromatic rings. The number of alkyl halides is 1. The number of fused-ring (bicyclic) bond motifs is 1. The predicted octanol–water partition coefficient (Wildman–Crippen LogP) is 4.88. The fourth-order valence-electron chi connectivity index (χ4n) is 2.60. The third kappa shape index (κ3) is 2.39. The highest BCUT2D eigenvalue weighted by Crippen LogP contribution is 2.35. The van der Waals surface area contributed by atoms with Crippen LogP contribution in [-0.2, 0) is 5.54 Å². The zero-order chi connectivity index (χ0) is 14.9. The Hall–Kier alpha value is -1.22. The van der Waals surface area contributed by atoms with Crippen LogP contribution in [0, 0.1) is 0 Å². The lowest BCUT2D eigenvalue weighted by atomic mass is 9.94. The summed E-state index contributed by atoms with van der Waals surface area (Å²) in [7, 11) is 1.69. The third-order valence-corrected chi connectivity index (χ3v) is 4.50. The summed E-state index contributed by atoms with van der Waals surface area (Å²) in [6.07, 6.45) is 2.06. The van der Waals surface area contributed by atoms with Crippen LogP contribution in [0.4, 0.5) is 0 Å². The van der Waals surface area contributed by atoms with E-state index in [-0.39, 0.29) is 10.9 Å². The van der Waals surface area contributed by atoms with E-state index in [0.29, 0.717) is 0 Å². The molecule has 1 atom stereocenters. The quantitative estimate of drug-likeness (QED) is 0.735. The molecule has 4 heteroatoms. The van der Waals surface area contributed by atoms with E-state index in [1.165, 1.54) is 0 Å². The predicted molar refractivity (Wildman–Crippen MR) is 84.8 cm³/mol. The molecule has 0 N–H and O–H groups in total. The van der Waals surface area contributed by atoms with Crippen molar-refractivity contribution in [1.82, 2.24) is 9.55 Å². The van der Waals surface area contributed by atoms with E-state index in [9.17, 15) is 0 Å². The first kappa shape index (κ1) is 15.2. The summed E-state index contributed by atoms with van der Waals surface area (Å²) in [6.45, 7) is 8.65. The van der Waals surface area contributed by atoms with E-state index < -0.39 is 0 Å². The third-order valence-electron chi connectivity index (χ3n) is 4.31. The normalized spacial score (nSPS) is 13.7. The monoisotopic (exact) mass is 294 g/mol. The molecule has 0 aliphatic heterocycles. The molecule has 0 aliphatic carbocycles. The fourth-order valence-corrected chi connectivity index (χ4v) is 2.75. The van der Waals surface area contributed by atoms with Crippen LogP contribution in [0.1, 0.15) is 51.7 Å². The van der Waals surface area contributed by atoms with E-state index in [1.54, 1.807) is 7.11 Å². The lowest BCUT2D eigenvalue weighted by Crippen LogP contribution is -2.30. The van der Waals surface area contributed by atoms with Gasteiger partial charge in [-0.15, -0.1) is 11.6 Å². The summed E-state index contributed by atoms with van der Waals surface area (Å²) in [5, 5.41) is -0.120. The Morgan fingerprint density at radius 3 is 2.50 bits per heavy atom. The summed E-state index contributed by atoms with van der Waals surface area (Å²) in [5.74, 6) is 1.78. The van der Waals surface area contributed by atoms with Gasteiger partial charge in [0.25, 0.3) is 0 Å². The molecule has 3 nitrogen and oxygen atoms in total. The van der Waals surface area contributed by atoms with Gasteiger partial charge in [0.2, 0.25) is 0 Å². The number of halogens is 1. The van der Waals surface area contributed by atoms with Gasteiger partial charge in [-0.1, -0.05) is 13.8 Å². The molecule has 0 bridgehead atoms. The standard InChI is InChI=1S/C16H23ClN2O/c1-6-16(4,7-2)19-14-10-12(20-5)8-9-13(14)18-15(19)11(3)17/h8-11H,6-7H2,1-5H3. The topological polar surface area (TPSA) is 27.1 Å². The lowest BCUT2D eigenvalue weighted by molar-refractivity contribution is 0.293.